The van der Waals surface area contributed by atoms with Crippen molar-refractivity contribution >= 4 is 40.9 Å². The molecule has 0 unspecified atom stereocenters. The topological polar surface area (TPSA) is 46.9 Å². The van der Waals surface area contributed by atoms with Crippen molar-refractivity contribution in [3.8, 4) is 0 Å². The summed E-state index contributed by atoms with van der Waals surface area (Å²) < 4.78 is 14.5. The number of hydrogen-bond acceptors (Lipinski definition) is 3. The van der Waals surface area contributed by atoms with Gasteiger partial charge < -0.3 is 5.32 Å². The molecule has 0 bridgehead atoms. The molecule has 29 heavy (non-hydrogen) atoms. The number of carbonyl (C=O) groups is 1. The Morgan fingerprint density at radius 3 is 2.62 bits per heavy atom. The molecule has 1 N–H and O–H groups in total. The Morgan fingerprint density at radius 1 is 1.17 bits per heavy atom. The van der Waals surface area contributed by atoms with Gasteiger partial charge in [-0.1, -0.05) is 41.4 Å². The van der Waals surface area contributed by atoms with Gasteiger partial charge in [0.05, 0.1) is 17.8 Å². The number of hydrogen-bond donors (Lipinski definition) is 1. The molecule has 0 spiro atoms. The lowest BCUT2D eigenvalue weighted by Gasteiger charge is -2.07. The summed E-state index contributed by atoms with van der Waals surface area (Å²) in [6.45, 7) is 2.66. The fourth-order valence-corrected chi connectivity index (χ4v) is 4.16. The van der Waals surface area contributed by atoms with Gasteiger partial charge in [-0.25, -0.2) is 9.07 Å². The lowest BCUT2D eigenvalue weighted by molar-refractivity contribution is 0.0953. The third-order valence-electron chi connectivity index (χ3n) is 4.26. The first-order chi connectivity index (χ1) is 14.0. The zero-order valence-corrected chi connectivity index (χ0v) is 18.1. The molecule has 0 radical (unpaired) electrons. The molecule has 0 aliphatic carbocycles. The van der Waals surface area contributed by atoms with Gasteiger partial charge in [-0.3, -0.25) is 4.79 Å². The molecule has 0 atom stereocenters. The second-order valence-electron chi connectivity index (χ2n) is 6.41. The molecule has 8 heteroatoms. The van der Waals surface area contributed by atoms with Crippen LogP contribution in [0.4, 0.5) is 4.39 Å². The monoisotopic (exact) mass is 451 g/mol. The summed E-state index contributed by atoms with van der Waals surface area (Å²) in [6.07, 6.45) is 0.776. The number of nitrogens with zero attached hydrogens (tertiary/aromatic N) is 2. The number of rotatable bonds is 8. The quantitative estimate of drug-likeness (QED) is 0.358. The fraction of sp³-hybridized carbons (Fsp3) is 0.238. The van der Waals surface area contributed by atoms with Gasteiger partial charge >= 0.3 is 0 Å². The van der Waals surface area contributed by atoms with Crippen LogP contribution in [0.15, 0.2) is 53.4 Å². The SMILES string of the molecule is Cc1nn(Cc2ccccc2Cl)c(Cl)c1C(=O)NCCCSc1ccc(F)cc1. The van der Waals surface area contributed by atoms with Crippen molar-refractivity contribution in [3.63, 3.8) is 0 Å². The molecule has 0 fully saturated rings. The highest BCUT2D eigenvalue weighted by molar-refractivity contribution is 7.99. The molecule has 152 valence electrons. The van der Waals surface area contributed by atoms with Crippen LogP contribution in [0.3, 0.4) is 0 Å². The van der Waals surface area contributed by atoms with Gasteiger partial charge in [0.15, 0.2) is 0 Å². The van der Waals surface area contributed by atoms with Crippen molar-refractivity contribution in [1.82, 2.24) is 15.1 Å². The minimum atomic E-state index is -0.246. The van der Waals surface area contributed by atoms with Crippen LogP contribution in [0.2, 0.25) is 10.2 Å². The molecule has 0 aliphatic rings. The number of aromatic nitrogens is 2. The summed E-state index contributed by atoms with van der Waals surface area (Å²) in [7, 11) is 0. The van der Waals surface area contributed by atoms with Crippen molar-refractivity contribution in [2.75, 3.05) is 12.3 Å². The lowest BCUT2D eigenvalue weighted by Crippen LogP contribution is -2.25. The van der Waals surface area contributed by atoms with E-state index < -0.39 is 0 Å². The first-order valence-corrected chi connectivity index (χ1v) is 10.8. The zero-order chi connectivity index (χ0) is 20.8. The highest BCUT2D eigenvalue weighted by atomic mass is 35.5. The van der Waals surface area contributed by atoms with E-state index in [4.69, 9.17) is 23.2 Å². The van der Waals surface area contributed by atoms with Gasteiger partial charge in [0.2, 0.25) is 0 Å². The lowest BCUT2D eigenvalue weighted by atomic mass is 10.2. The van der Waals surface area contributed by atoms with Gasteiger partial charge in [-0.2, -0.15) is 5.10 Å². The first-order valence-electron chi connectivity index (χ1n) is 9.08. The molecular formula is C21H20Cl2FN3OS. The van der Waals surface area contributed by atoms with Crippen molar-refractivity contribution in [2.24, 2.45) is 0 Å². The fourth-order valence-electron chi connectivity index (χ4n) is 2.79. The number of amides is 1. The summed E-state index contributed by atoms with van der Waals surface area (Å²) in [6, 6.07) is 13.8. The smallest absolute Gasteiger partial charge is 0.256 e. The molecule has 0 aliphatic heterocycles. The van der Waals surface area contributed by atoms with Crippen LogP contribution in [-0.4, -0.2) is 28.0 Å². The van der Waals surface area contributed by atoms with Crippen LogP contribution in [0.25, 0.3) is 0 Å². The maximum atomic E-state index is 12.9. The maximum Gasteiger partial charge on any atom is 0.256 e. The van der Waals surface area contributed by atoms with Crippen LogP contribution in [0.1, 0.15) is 28.0 Å². The summed E-state index contributed by atoms with van der Waals surface area (Å²) in [5, 5.41) is 8.20. The van der Waals surface area contributed by atoms with Gasteiger partial charge in [0.1, 0.15) is 11.0 Å². The maximum absolute atomic E-state index is 12.9. The van der Waals surface area contributed by atoms with E-state index in [-0.39, 0.29) is 11.7 Å². The number of nitrogens with one attached hydrogen (secondary N) is 1. The zero-order valence-electron chi connectivity index (χ0n) is 15.8. The Hall–Kier alpha value is -2.02. The normalized spacial score (nSPS) is 10.9. The third-order valence-corrected chi connectivity index (χ3v) is 6.11. The Kier molecular flexibility index (Phi) is 7.58. The number of benzene rings is 2. The molecular weight excluding hydrogens is 432 g/mol. The molecule has 1 amide bonds. The number of carbonyl (C=O) groups excluding carboxylic acids is 1. The van der Waals surface area contributed by atoms with E-state index in [0.717, 1.165) is 22.6 Å². The minimum Gasteiger partial charge on any atom is -0.352 e. The van der Waals surface area contributed by atoms with E-state index in [1.807, 2.05) is 18.2 Å². The molecule has 3 rings (SSSR count). The largest absolute Gasteiger partial charge is 0.352 e. The average molecular weight is 452 g/mol. The average Bonchev–Trinajstić information content (AvgIpc) is 2.98. The Balaban J connectivity index is 1.53. The van der Waals surface area contributed by atoms with Gasteiger partial charge in [0, 0.05) is 16.5 Å². The second kappa shape index (κ2) is 10.1. The van der Waals surface area contributed by atoms with Crippen LogP contribution in [0, 0.1) is 12.7 Å². The first kappa shape index (κ1) is 21.7. The number of aryl methyl sites for hydroxylation is 1. The van der Waals surface area contributed by atoms with Gasteiger partial charge in [-0.05, 0) is 55.0 Å². The Bertz CT molecular complexity index is 992. The molecule has 4 nitrogen and oxygen atoms in total. The van der Waals surface area contributed by atoms with Crippen molar-refractivity contribution in [1.29, 1.82) is 0 Å². The Labute approximate surface area is 183 Å². The van der Waals surface area contributed by atoms with Crippen LogP contribution < -0.4 is 5.32 Å². The second-order valence-corrected chi connectivity index (χ2v) is 8.35. The van der Waals surface area contributed by atoms with Crippen molar-refractivity contribution in [2.45, 2.75) is 24.8 Å². The third kappa shape index (κ3) is 5.75. The van der Waals surface area contributed by atoms with E-state index in [0.29, 0.717) is 34.5 Å². The minimum absolute atomic E-state index is 0.246. The molecule has 2 aromatic carbocycles. The number of halogens is 3. The summed E-state index contributed by atoms with van der Waals surface area (Å²) >= 11 is 14.2. The molecule has 0 saturated carbocycles. The van der Waals surface area contributed by atoms with E-state index in [9.17, 15) is 9.18 Å². The molecule has 3 aromatic rings. The van der Waals surface area contributed by atoms with Gasteiger partial charge in [0.25, 0.3) is 5.91 Å². The predicted molar refractivity (Wildman–Crippen MR) is 117 cm³/mol. The van der Waals surface area contributed by atoms with Crippen molar-refractivity contribution < 1.29 is 9.18 Å². The molecule has 1 aromatic heterocycles. The highest BCUT2D eigenvalue weighted by Gasteiger charge is 2.20. The predicted octanol–water partition coefficient (Wildman–Crippen LogP) is 5.60. The summed E-state index contributed by atoms with van der Waals surface area (Å²) in [4.78, 5) is 13.6. The van der Waals surface area contributed by atoms with Gasteiger partial charge in [-0.15, -0.1) is 11.8 Å². The van der Waals surface area contributed by atoms with Crippen LogP contribution in [0.5, 0.6) is 0 Å². The summed E-state index contributed by atoms with van der Waals surface area (Å²) in [5.74, 6) is 0.318. The molecule has 1 heterocycles. The van der Waals surface area contributed by atoms with Crippen molar-refractivity contribution in [3.05, 3.63) is 81.3 Å². The molecule has 0 saturated heterocycles. The summed E-state index contributed by atoms with van der Waals surface area (Å²) in [5.41, 5.74) is 1.83. The van der Waals surface area contributed by atoms with E-state index in [2.05, 4.69) is 10.4 Å². The van der Waals surface area contributed by atoms with E-state index >= 15 is 0 Å². The standard InChI is InChI=1S/C21H20Cl2FN3OS/c1-14-19(20(23)27(26-14)13-15-5-2-3-6-18(15)22)21(28)25-11-4-12-29-17-9-7-16(24)8-10-17/h2-3,5-10H,4,11-13H2,1H3,(H,25,28). The van der Waals surface area contributed by atoms with Crippen LogP contribution >= 0.6 is 35.0 Å². The van der Waals surface area contributed by atoms with Crippen LogP contribution in [-0.2, 0) is 6.54 Å². The van der Waals surface area contributed by atoms with E-state index in [1.54, 1.807) is 41.6 Å². The Morgan fingerprint density at radius 2 is 1.90 bits per heavy atom. The number of thioether (sulfide) groups is 1. The highest BCUT2D eigenvalue weighted by Crippen LogP contribution is 2.23. The van der Waals surface area contributed by atoms with E-state index in [1.165, 1.54) is 12.1 Å².